The molecular formula is C15H11ClN4O2. The molecule has 0 atom stereocenters. The van der Waals surface area contributed by atoms with E-state index in [0.717, 1.165) is 10.2 Å². The molecule has 0 aliphatic rings. The van der Waals surface area contributed by atoms with Gasteiger partial charge in [0.2, 0.25) is 0 Å². The van der Waals surface area contributed by atoms with Crippen LogP contribution in [0.5, 0.6) is 0 Å². The lowest BCUT2D eigenvalue weighted by Gasteiger charge is -1.99. The van der Waals surface area contributed by atoms with Crippen molar-refractivity contribution in [1.82, 2.24) is 14.8 Å². The van der Waals surface area contributed by atoms with E-state index in [0.29, 0.717) is 10.6 Å². The fourth-order valence-corrected chi connectivity index (χ4v) is 2.18. The molecule has 2 heterocycles. The molecule has 22 heavy (non-hydrogen) atoms. The smallest absolute Gasteiger partial charge is 0.283 e. The molecule has 0 aliphatic heterocycles. The topological polar surface area (TPSA) is 93.8 Å². The number of aromatic nitrogens is 3. The van der Waals surface area contributed by atoms with Crippen LogP contribution in [0, 0.1) is 0 Å². The van der Waals surface area contributed by atoms with Gasteiger partial charge in [-0.1, -0.05) is 23.7 Å². The first-order chi connectivity index (χ1) is 10.6. The van der Waals surface area contributed by atoms with Gasteiger partial charge in [-0.15, -0.1) is 5.10 Å². The first-order valence-corrected chi connectivity index (χ1v) is 6.77. The fourth-order valence-electron chi connectivity index (χ4n) is 2.06. The number of H-pyrrole nitrogens is 1. The van der Waals surface area contributed by atoms with Crippen molar-refractivity contribution in [3.05, 3.63) is 69.7 Å². The molecule has 3 aromatic rings. The third-order valence-electron chi connectivity index (χ3n) is 3.15. The highest BCUT2D eigenvalue weighted by atomic mass is 35.5. The minimum Gasteiger partial charge on any atom is -0.382 e. The molecule has 7 heteroatoms. The number of anilines is 1. The minimum atomic E-state index is -0.547. The van der Waals surface area contributed by atoms with Crippen molar-refractivity contribution in [2.75, 3.05) is 5.73 Å². The summed E-state index contributed by atoms with van der Waals surface area (Å²) in [6.45, 7) is 0. The van der Waals surface area contributed by atoms with Gasteiger partial charge in [-0.2, -0.15) is 0 Å². The Bertz CT molecular complexity index is 896. The second kappa shape index (κ2) is 5.50. The van der Waals surface area contributed by atoms with Crippen LogP contribution in [-0.4, -0.2) is 20.7 Å². The molecular weight excluding hydrogens is 304 g/mol. The van der Waals surface area contributed by atoms with E-state index >= 15 is 0 Å². The van der Waals surface area contributed by atoms with E-state index in [1.807, 2.05) is 0 Å². The van der Waals surface area contributed by atoms with Gasteiger partial charge < -0.3 is 10.7 Å². The number of rotatable bonds is 2. The zero-order valence-electron chi connectivity index (χ0n) is 11.3. The van der Waals surface area contributed by atoms with Crippen molar-refractivity contribution in [3.63, 3.8) is 0 Å². The second-order valence-electron chi connectivity index (χ2n) is 4.60. The van der Waals surface area contributed by atoms with Crippen LogP contribution in [0.4, 0.5) is 5.82 Å². The molecule has 0 unspecified atom stereocenters. The van der Waals surface area contributed by atoms with Gasteiger partial charge in [-0.25, -0.2) is 4.68 Å². The Morgan fingerprint density at radius 1 is 1.23 bits per heavy atom. The van der Waals surface area contributed by atoms with Crippen LogP contribution in [0.2, 0.25) is 5.02 Å². The summed E-state index contributed by atoms with van der Waals surface area (Å²) in [5.74, 6) is -0.350. The Labute approximate surface area is 130 Å². The number of hydrogen-bond acceptors (Lipinski definition) is 4. The largest absolute Gasteiger partial charge is 0.382 e. The van der Waals surface area contributed by atoms with E-state index in [9.17, 15) is 9.59 Å². The van der Waals surface area contributed by atoms with Crippen molar-refractivity contribution in [3.8, 4) is 11.1 Å². The van der Waals surface area contributed by atoms with Crippen LogP contribution in [0.15, 0.2) is 53.6 Å². The Hall–Kier alpha value is -2.86. The number of pyridine rings is 1. The standard InChI is InChI=1S/C15H11ClN4O2/c16-10-5-3-9(4-6-10)12-8-20(19-13(12)17)15(22)11-2-1-7-18-14(11)21/h1-8H,(H2,17,19)(H,18,21). The Morgan fingerprint density at radius 2 is 1.95 bits per heavy atom. The van der Waals surface area contributed by atoms with E-state index in [1.54, 1.807) is 30.3 Å². The number of hydrogen-bond donors (Lipinski definition) is 2. The molecule has 0 fully saturated rings. The Kier molecular flexibility index (Phi) is 3.52. The van der Waals surface area contributed by atoms with Crippen molar-refractivity contribution in [2.45, 2.75) is 0 Å². The monoisotopic (exact) mass is 314 g/mol. The quantitative estimate of drug-likeness (QED) is 0.758. The van der Waals surface area contributed by atoms with Gasteiger partial charge in [-0.05, 0) is 29.8 Å². The van der Waals surface area contributed by atoms with Crippen molar-refractivity contribution < 1.29 is 4.79 Å². The molecule has 3 rings (SSSR count). The average Bonchev–Trinajstić information content (AvgIpc) is 2.90. The van der Waals surface area contributed by atoms with Gasteiger partial charge in [-0.3, -0.25) is 9.59 Å². The van der Waals surface area contributed by atoms with E-state index < -0.39 is 11.5 Å². The number of nitrogens with two attached hydrogens (primary N) is 1. The highest BCUT2D eigenvalue weighted by Crippen LogP contribution is 2.26. The number of nitrogens with zero attached hydrogens (tertiary/aromatic N) is 2. The molecule has 0 spiro atoms. The van der Waals surface area contributed by atoms with Gasteiger partial charge in [0.05, 0.1) is 0 Å². The van der Waals surface area contributed by atoms with Crippen LogP contribution in [0.3, 0.4) is 0 Å². The Morgan fingerprint density at radius 3 is 2.64 bits per heavy atom. The van der Waals surface area contributed by atoms with Gasteiger partial charge in [0.15, 0.2) is 5.82 Å². The summed E-state index contributed by atoms with van der Waals surface area (Å²) in [5, 5.41) is 4.58. The Balaban J connectivity index is 2.02. The summed E-state index contributed by atoms with van der Waals surface area (Å²) in [5.41, 5.74) is 6.75. The van der Waals surface area contributed by atoms with Crippen molar-refractivity contribution in [1.29, 1.82) is 0 Å². The van der Waals surface area contributed by atoms with Crippen LogP contribution in [0.25, 0.3) is 11.1 Å². The van der Waals surface area contributed by atoms with Crippen LogP contribution >= 0.6 is 11.6 Å². The molecule has 0 radical (unpaired) electrons. The third kappa shape index (κ3) is 2.51. The summed E-state index contributed by atoms with van der Waals surface area (Å²) in [6.07, 6.45) is 2.95. The van der Waals surface area contributed by atoms with E-state index in [4.69, 9.17) is 17.3 Å². The predicted octanol–water partition coefficient (Wildman–Crippen LogP) is 2.16. The van der Waals surface area contributed by atoms with Gasteiger partial charge in [0.1, 0.15) is 5.56 Å². The van der Waals surface area contributed by atoms with Gasteiger partial charge >= 0.3 is 0 Å². The molecule has 0 amide bonds. The lowest BCUT2D eigenvalue weighted by Crippen LogP contribution is -2.22. The zero-order valence-corrected chi connectivity index (χ0v) is 12.0. The van der Waals surface area contributed by atoms with Crippen molar-refractivity contribution in [2.24, 2.45) is 0 Å². The van der Waals surface area contributed by atoms with Crippen LogP contribution < -0.4 is 11.3 Å². The summed E-state index contributed by atoms with van der Waals surface area (Å²) in [4.78, 5) is 26.4. The normalized spacial score (nSPS) is 10.6. The first kappa shape index (κ1) is 14.1. The number of carbonyl (C=O) groups excluding carboxylic acids is 1. The maximum absolute atomic E-state index is 12.3. The zero-order chi connectivity index (χ0) is 15.7. The van der Waals surface area contributed by atoms with Gasteiger partial charge in [0.25, 0.3) is 11.5 Å². The first-order valence-electron chi connectivity index (χ1n) is 6.40. The number of nitrogens with one attached hydrogen (secondary N) is 1. The molecule has 1 aromatic carbocycles. The molecule has 2 aromatic heterocycles. The number of nitrogen functional groups attached to an aromatic ring is 1. The maximum atomic E-state index is 12.3. The molecule has 0 aliphatic carbocycles. The molecule has 0 bridgehead atoms. The van der Waals surface area contributed by atoms with E-state index in [-0.39, 0.29) is 11.4 Å². The van der Waals surface area contributed by atoms with E-state index in [1.165, 1.54) is 18.5 Å². The third-order valence-corrected chi connectivity index (χ3v) is 3.41. The molecule has 0 saturated heterocycles. The highest BCUT2D eigenvalue weighted by molar-refractivity contribution is 6.30. The summed E-state index contributed by atoms with van der Waals surface area (Å²) < 4.78 is 1.06. The summed E-state index contributed by atoms with van der Waals surface area (Å²) in [7, 11) is 0. The molecule has 0 saturated carbocycles. The molecule has 110 valence electrons. The molecule has 3 N–H and O–H groups in total. The number of aromatic amines is 1. The number of benzene rings is 1. The minimum absolute atomic E-state index is 0.00680. The highest BCUT2D eigenvalue weighted by Gasteiger charge is 2.16. The van der Waals surface area contributed by atoms with Gasteiger partial charge in [0, 0.05) is 23.0 Å². The average molecular weight is 315 g/mol. The number of carbonyl (C=O) groups is 1. The summed E-state index contributed by atoms with van der Waals surface area (Å²) in [6, 6.07) is 10.00. The van der Waals surface area contributed by atoms with E-state index in [2.05, 4.69) is 10.1 Å². The summed E-state index contributed by atoms with van der Waals surface area (Å²) >= 11 is 5.85. The lowest BCUT2D eigenvalue weighted by molar-refractivity contribution is 0.0944. The lowest BCUT2D eigenvalue weighted by atomic mass is 10.1. The predicted molar refractivity (Wildman–Crippen MR) is 83.9 cm³/mol. The van der Waals surface area contributed by atoms with Crippen molar-refractivity contribution >= 4 is 23.3 Å². The van der Waals surface area contributed by atoms with Crippen LogP contribution in [0.1, 0.15) is 10.4 Å². The number of halogens is 1. The second-order valence-corrected chi connectivity index (χ2v) is 5.03. The molecule has 6 nitrogen and oxygen atoms in total. The fraction of sp³-hybridized carbons (Fsp3) is 0. The SMILES string of the molecule is Nc1nn(C(=O)c2ccc[nH]c2=O)cc1-c1ccc(Cl)cc1. The van der Waals surface area contributed by atoms with Crippen LogP contribution in [-0.2, 0) is 0 Å². The maximum Gasteiger partial charge on any atom is 0.283 e.